The molecule has 1 fully saturated rings. The summed E-state index contributed by atoms with van der Waals surface area (Å²) >= 11 is 1.59. The van der Waals surface area contributed by atoms with Gasteiger partial charge < -0.3 is 19.7 Å². The Kier molecular flexibility index (Phi) is 6.32. The Bertz CT molecular complexity index is 990. The van der Waals surface area contributed by atoms with Crippen molar-refractivity contribution in [3.05, 3.63) is 42.1 Å². The maximum atomic E-state index is 12.7. The van der Waals surface area contributed by atoms with Crippen LogP contribution in [-0.2, 0) is 11.2 Å². The first kappa shape index (κ1) is 20.4. The number of fused-ring (bicyclic) bond motifs is 1. The SMILES string of the molecule is COc1ccc(CCNC(=O)[C@H]2CCCN(c3nc4cccnc4s3)C2)cc1OC. The van der Waals surface area contributed by atoms with Gasteiger partial charge in [0, 0.05) is 25.8 Å². The van der Waals surface area contributed by atoms with Crippen molar-refractivity contribution >= 4 is 32.7 Å². The number of rotatable bonds is 7. The number of anilines is 1. The number of nitrogens with one attached hydrogen (secondary N) is 1. The van der Waals surface area contributed by atoms with Gasteiger partial charge in [0.15, 0.2) is 16.6 Å². The third-order valence-electron chi connectivity index (χ3n) is 5.38. The van der Waals surface area contributed by atoms with Gasteiger partial charge in [0.2, 0.25) is 5.91 Å². The number of carbonyl (C=O) groups is 1. The number of nitrogens with zero attached hydrogens (tertiary/aromatic N) is 3. The van der Waals surface area contributed by atoms with Gasteiger partial charge in [-0.15, -0.1) is 0 Å². The molecule has 1 aromatic carbocycles. The van der Waals surface area contributed by atoms with Gasteiger partial charge >= 0.3 is 0 Å². The highest BCUT2D eigenvalue weighted by Gasteiger charge is 2.27. The van der Waals surface area contributed by atoms with Crippen molar-refractivity contribution in [2.24, 2.45) is 5.92 Å². The van der Waals surface area contributed by atoms with Crippen molar-refractivity contribution in [1.82, 2.24) is 15.3 Å². The molecule has 3 aromatic rings. The quantitative estimate of drug-likeness (QED) is 0.625. The highest BCUT2D eigenvalue weighted by Crippen LogP contribution is 2.30. The van der Waals surface area contributed by atoms with Crippen LogP contribution in [0.25, 0.3) is 10.3 Å². The average Bonchev–Trinajstić information content (AvgIpc) is 3.23. The van der Waals surface area contributed by atoms with Crippen LogP contribution in [0.15, 0.2) is 36.5 Å². The lowest BCUT2D eigenvalue weighted by Gasteiger charge is -2.31. The number of hydrogen-bond acceptors (Lipinski definition) is 7. The van der Waals surface area contributed by atoms with Gasteiger partial charge in [-0.05, 0) is 49.1 Å². The number of aromatic nitrogens is 2. The Balaban J connectivity index is 1.32. The van der Waals surface area contributed by atoms with Crippen LogP contribution >= 0.6 is 11.3 Å². The smallest absolute Gasteiger partial charge is 0.224 e. The molecular weight excluding hydrogens is 400 g/mol. The molecule has 30 heavy (non-hydrogen) atoms. The first-order valence-corrected chi connectivity index (χ1v) is 10.9. The molecule has 1 N–H and O–H groups in total. The Morgan fingerprint density at radius 1 is 1.27 bits per heavy atom. The van der Waals surface area contributed by atoms with Gasteiger partial charge in [-0.3, -0.25) is 4.79 Å². The molecule has 1 aliphatic heterocycles. The fourth-order valence-electron chi connectivity index (χ4n) is 3.77. The first-order valence-electron chi connectivity index (χ1n) is 10.1. The van der Waals surface area contributed by atoms with Crippen LogP contribution in [0, 0.1) is 5.92 Å². The van der Waals surface area contributed by atoms with Crippen molar-refractivity contribution in [2.45, 2.75) is 19.3 Å². The van der Waals surface area contributed by atoms with Crippen molar-refractivity contribution in [1.29, 1.82) is 0 Å². The summed E-state index contributed by atoms with van der Waals surface area (Å²) < 4.78 is 10.6. The normalized spacial score (nSPS) is 16.5. The fraction of sp³-hybridized carbons (Fsp3) is 0.409. The molecule has 1 amide bonds. The lowest BCUT2D eigenvalue weighted by Crippen LogP contribution is -2.43. The van der Waals surface area contributed by atoms with Crippen molar-refractivity contribution in [3.8, 4) is 11.5 Å². The number of piperidine rings is 1. The summed E-state index contributed by atoms with van der Waals surface area (Å²) in [6.45, 7) is 2.22. The maximum Gasteiger partial charge on any atom is 0.224 e. The molecule has 1 saturated heterocycles. The Labute approximate surface area is 180 Å². The zero-order valence-corrected chi connectivity index (χ0v) is 18.1. The summed E-state index contributed by atoms with van der Waals surface area (Å²) in [5.41, 5.74) is 2.01. The predicted molar refractivity (Wildman–Crippen MR) is 119 cm³/mol. The monoisotopic (exact) mass is 426 g/mol. The zero-order chi connectivity index (χ0) is 20.9. The molecule has 0 radical (unpaired) electrons. The molecule has 0 aliphatic carbocycles. The van der Waals surface area contributed by atoms with Crippen LogP contribution in [0.4, 0.5) is 5.13 Å². The second-order valence-electron chi connectivity index (χ2n) is 7.34. The summed E-state index contributed by atoms with van der Waals surface area (Å²) in [6, 6.07) is 9.72. The topological polar surface area (TPSA) is 76.6 Å². The van der Waals surface area contributed by atoms with Crippen LogP contribution in [0.1, 0.15) is 18.4 Å². The third-order valence-corrected chi connectivity index (χ3v) is 6.42. The van der Waals surface area contributed by atoms with E-state index in [0.29, 0.717) is 24.6 Å². The van der Waals surface area contributed by atoms with Crippen LogP contribution in [-0.4, -0.2) is 49.7 Å². The molecule has 0 saturated carbocycles. The van der Waals surface area contributed by atoms with E-state index in [2.05, 4.69) is 15.2 Å². The second-order valence-corrected chi connectivity index (χ2v) is 8.30. The lowest BCUT2D eigenvalue weighted by atomic mass is 9.97. The number of methoxy groups -OCH3 is 2. The first-order chi connectivity index (χ1) is 14.7. The minimum Gasteiger partial charge on any atom is -0.493 e. The molecule has 1 atom stereocenters. The van der Waals surface area contributed by atoms with E-state index in [-0.39, 0.29) is 11.8 Å². The number of benzene rings is 1. The maximum absolute atomic E-state index is 12.7. The van der Waals surface area contributed by atoms with E-state index in [1.807, 2.05) is 30.3 Å². The molecule has 0 unspecified atom stereocenters. The molecule has 0 spiro atoms. The van der Waals surface area contributed by atoms with E-state index in [1.54, 1.807) is 31.8 Å². The number of thiazole rings is 1. The molecule has 158 valence electrons. The minimum absolute atomic E-state index is 0.0240. The molecule has 3 heterocycles. The predicted octanol–water partition coefficient (Wildman–Crippen LogP) is 3.28. The molecule has 4 rings (SSSR count). The average molecular weight is 427 g/mol. The zero-order valence-electron chi connectivity index (χ0n) is 17.3. The number of hydrogen-bond donors (Lipinski definition) is 1. The third kappa shape index (κ3) is 4.48. The van der Waals surface area contributed by atoms with Gasteiger partial charge in [-0.2, -0.15) is 0 Å². The van der Waals surface area contributed by atoms with Crippen molar-refractivity contribution < 1.29 is 14.3 Å². The molecule has 7 nitrogen and oxygen atoms in total. The number of carbonyl (C=O) groups excluding carboxylic acids is 1. The van der Waals surface area contributed by atoms with Gasteiger partial charge in [0.05, 0.1) is 20.1 Å². The molecule has 0 bridgehead atoms. The van der Waals surface area contributed by atoms with Crippen molar-refractivity contribution in [2.75, 3.05) is 38.8 Å². The molecule has 2 aromatic heterocycles. The van der Waals surface area contributed by atoms with Crippen LogP contribution < -0.4 is 19.7 Å². The second kappa shape index (κ2) is 9.30. The largest absolute Gasteiger partial charge is 0.493 e. The van der Waals surface area contributed by atoms with Gasteiger partial charge in [-0.1, -0.05) is 17.4 Å². The van der Waals surface area contributed by atoms with E-state index >= 15 is 0 Å². The van der Waals surface area contributed by atoms with E-state index in [1.165, 1.54) is 0 Å². The Morgan fingerprint density at radius 2 is 2.13 bits per heavy atom. The lowest BCUT2D eigenvalue weighted by molar-refractivity contribution is -0.125. The number of amides is 1. The van der Waals surface area contributed by atoms with E-state index < -0.39 is 0 Å². The van der Waals surface area contributed by atoms with Gasteiger partial charge in [0.1, 0.15) is 10.3 Å². The summed E-state index contributed by atoms with van der Waals surface area (Å²) in [5, 5.41) is 4.05. The number of ether oxygens (including phenoxy) is 2. The highest BCUT2D eigenvalue weighted by atomic mass is 32.1. The molecule has 1 aliphatic rings. The Morgan fingerprint density at radius 3 is 2.93 bits per heavy atom. The van der Waals surface area contributed by atoms with Crippen LogP contribution in [0.2, 0.25) is 0 Å². The highest BCUT2D eigenvalue weighted by molar-refractivity contribution is 7.21. The molecular formula is C22H26N4O3S. The van der Waals surface area contributed by atoms with Crippen LogP contribution in [0.5, 0.6) is 11.5 Å². The Hall–Kier alpha value is -2.87. The van der Waals surface area contributed by atoms with E-state index in [9.17, 15) is 4.79 Å². The van der Waals surface area contributed by atoms with E-state index in [0.717, 1.165) is 46.8 Å². The fourth-order valence-corrected chi connectivity index (χ4v) is 4.71. The summed E-state index contributed by atoms with van der Waals surface area (Å²) in [7, 11) is 3.25. The standard InChI is InChI=1S/C22H26N4O3S/c1-28-18-8-7-15(13-19(18)29-2)9-11-23-20(27)16-5-4-12-26(14-16)22-25-17-6-3-10-24-21(17)30-22/h3,6-8,10,13,16H,4-5,9,11-12,14H2,1-2H3,(H,23,27)/t16-/m0/s1. The molecule has 8 heteroatoms. The summed E-state index contributed by atoms with van der Waals surface area (Å²) in [4.78, 5) is 25.0. The minimum atomic E-state index is -0.0240. The van der Waals surface area contributed by atoms with Crippen LogP contribution in [0.3, 0.4) is 0 Å². The van der Waals surface area contributed by atoms with Gasteiger partial charge in [-0.25, -0.2) is 9.97 Å². The number of pyridine rings is 1. The summed E-state index contributed by atoms with van der Waals surface area (Å²) in [5.74, 6) is 1.50. The van der Waals surface area contributed by atoms with Gasteiger partial charge in [0.25, 0.3) is 0 Å². The van der Waals surface area contributed by atoms with E-state index in [4.69, 9.17) is 14.5 Å². The van der Waals surface area contributed by atoms with Crippen molar-refractivity contribution in [3.63, 3.8) is 0 Å². The summed E-state index contributed by atoms with van der Waals surface area (Å²) in [6.07, 6.45) is 4.42.